The second-order valence-corrected chi connectivity index (χ2v) is 8.34. The minimum Gasteiger partial charge on any atom is -0.485 e. The second kappa shape index (κ2) is 10.7. The molecule has 1 atom stereocenters. The quantitative estimate of drug-likeness (QED) is 0.335. The van der Waals surface area contributed by atoms with Crippen molar-refractivity contribution >= 4 is 11.6 Å². The lowest BCUT2D eigenvalue weighted by molar-refractivity contribution is 0.101. The predicted molar refractivity (Wildman–Crippen MR) is 133 cm³/mol. The first-order valence-electron chi connectivity index (χ1n) is 11.6. The lowest BCUT2D eigenvalue weighted by Gasteiger charge is -2.19. The van der Waals surface area contributed by atoms with E-state index in [0.29, 0.717) is 12.2 Å². The molecule has 0 radical (unpaired) electrons. The number of rotatable bonds is 8. The van der Waals surface area contributed by atoms with Crippen LogP contribution in [0.1, 0.15) is 53.7 Å². The van der Waals surface area contributed by atoms with Crippen LogP contribution in [0.25, 0.3) is 5.69 Å². The third-order valence-corrected chi connectivity index (χ3v) is 5.93. The number of nitrogens with one attached hydrogen (secondary N) is 1. The Hall–Kier alpha value is -4.34. The molecule has 3 aromatic carbocycles. The molecule has 0 aliphatic rings. The van der Waals surface area contributed by atoms with E-state index in [4.69, 9.17) is 4.74 Å². The van der Waals surface area contributed by atoms with Crippen molar-refractivity contribution in [3.8, 4) is 11.4 Å². The molecule has 1 heterocycles. The standard InChI is InChI=1S/C27H25F3N4O3/c1-4-24-32-34(27(36)33(24)3)22-15-23(37-16(2)17-10-6-5-7-11-17)19(14-20(22)28)26(35)31-21-13-9-8-12-18(21)25(29)30/h5-16,25H,4H2,1-3H3,(H,31,35). The summed E-state index contributed by atoms with van der Waals surface area (Å²) in [5.41, 5.74) is -0.706. The van der Waals surface area contributed by atoms with Crippen molar-refractivity contribution in [1.82, 2.24) is 14.3 Å². The van der Waals surface area contributed by atoms with Crippen molar-refractivity contribution in [2.75, 3.05) is 5.32 Å². The summed E-state index contributed by atoms with van der Waals surface area (Å²) in [6.45, 7) is 3.55. The van der Waals surface area contributed by atoms with E-state index in [2.05, 4.69) is 10.4 Å². The number of ether oxygens (including phenoxy) is 1. The number of amides is 1. The molecule has 0 saturated heterocycles. The number of hydrogen-bond donors (Lipinski definition) is 1. The minimum absolute atomic E-state index is 0.0459. The zero-order valence-electron chi connectivity index (χ0n) is 20.4. The first kappa shape index (κ1) is 25.7. The van der Waals surface area contributed by atoms with E-state index < -0.39 is 29.9 Å². The monoisotopic (exact) mass is 510 g/mol. The fourth-order valence-electron chi connectivity index (χ4n) is 3.90. The van der Waals surface area contributed by atoms with E-state index in [1.807, 2.05) is 37.3 Å². The number of aryl methyl sites for hydroxylation is 1. The molecule has 0 bridgehead atoms. The molecule has 4 aromatic rings. The molecule has 0 aliphatic heterocycles. The average molecular weight is 511 g/mol. The first-order valence-corrected chi connectivity index (χ1v) is 11.6. The van der Waals surface area contributed by atoms with Gasteiger partial charge >= 0.3 is 5.69 Å². The molecular weight excluding hydrogens is 485 g/mol. The van der Waals surface area contributed by atoms with Gasteiger partial charge in [-0.3, -0.25) is 9.36 Å². The zero-order chi connectivity index (χ0) is 26.7. The number of para-hydroxylation sites is 1. The number of nitrogens with zero attached hydrogens (tertiary/aromatic N) is 3. The third-order valence-electron chi connectivity index (χ3n) is 5.93. The van der Waals surface area contributed by atoms with Gasteiger partial charge < -0.3 is 10.1 Å². The Morgan fingerprint density at radius 3 is 2.41 bits per heavy atom. The van der Waals surface area contributed by atoms with Crippen molar-refractivity contribution in [2.45, 2.75) is 32.8 Å². The Bertz CT molecular complexity index is 1480. The molecule has 4 rings (SSSR count). The van der Waals surface area contributed by atoms with Crippen LogP contribution >= 0.6 is 0 Å². The normalized spacial score (nSPS) is 12.0. The highest BCUT2D eigenvalue weighted by Crippen LogP contribution is 2.32. The molecule has 0 spiro atoms. The largest absolute Gasteiger partial charge is 0.485 e. The average Bonchev–Trinajstić information content (AvgIpc) is 3.18. The van der Waals surface area contributed by atoms with Crippen LogP contribution in [-0.4, -0.2) is 20.3 Å². The van der Waals surface area contributed by atoms with Crippen LogP contribution in [0.3, 0.4) is 0 Å². The van der Waals surface area contributed by atoms with E-state index in [0.717, 1.165) is 16.3 Å². The van der Waals surface area contributed by atoms with Gasteiger partial charge in [-0.05, 0) is 24.6 Å². The highest BCUT2D eigenvalue weighted by molar-refractivity contribution is 6.06. The Kier molecular flexibility index (Phi) is 7.47. The molecule has 192 valence electrons. The van der Waals surface area contributed by atoms with Crippen molar-refractivity contribution in [3.63, 3.8) is 0 Å². The number of halogens is 3. The maximum Gasteiger partial charge on any atom is 0.350 e. The highest BCUT2D eigenvalue weighted by atomic mass is 19.3. The maximum atomic E-state index is 15.3. The van der Waals surface area contributed by atoms with Crippen LogP contribution in [-0.2, 0) is 13.5 Å². The van der Waals surface area contributed by atoms with E-state index in [-0.39, 0.29) is 28.3 Å². The van der Waals surface area contributed by atoms with Gasteiger partial charge in [0, 0.05) is 30.8 Å². The predicted octanol–water partition coefficient (Wildman–Crippen LogP) is 5.60. The maximum absolute atomic E-state index is 15.3. The molecule has 1 aromatic heterocycles. The molecule has 1 N–H and O–H groups in total. The van der Waals surface area contributed by atoms with Gasteiger partial charge in [0.05, 0.1) is 5.56 Å². The molecule has 0 saturated carbocycles. The minimum atomic E-state index is -2.83. The van der Waals surface area contributed by atoms with Crippen molar-refractivity contribution < 1.29 is 22.7 Å². The fraction of sp³-hybridized carbons (Fsp3) is 0.222. The van der Waals surface area contributed by atoms with Gasteiger partial charge in [0.15, 0.2) is 0 Å². The van der Waals surface area contributed by atoms with Gasteiger partial charge in [-0.2, -0.15) is 4.68 Å². The van der Waals surface area contributed by atoms with Crippen molar-refractivity contribution in [3.05, 3.63) is 106 Å². The zero-order valence-corrected chi connectivity index (χ0v) is 20.4. The highest BCUT2D eigenvalue weighted by Gasteiger charge is 2.24. The molecule has 37 heavy (non-hydrogen) atoms. The van der Waals surface area contributed by atoms with Crippen LogP contribution in [0.2, 0.25) is 0 Å². The lowest BCUT2D eigenvalue weighted by atomic mass is 10.1. The number of benzene rings is 3. The fourth-order valence-corrected chi connectivity index (χ4v) is 3.90. The van der Waals surface area contributed by atoms with Gasteiger partial charge in [0.2, 0.25) is 0 Å². The SMILES string of the molecule is CCc1nn(-c2cc(OC(C)c3ccccc3)c(C(=O)Nc3ccccc3C(F)F)cc2F)c(=O)n1C. The summed E-state index contributed by atoms with van der Waals surface area (Å²) < 4.78 is 50.5. The van der Waals surface area contributed by atoms with E-state index in [9.17, 15) is 18.4 Å². The van der Waals surface area contributed by atoms with Gasteiger partial charge in [0.1, 0.15) is 29.2 Å². The molecule has 10 heteroatoms. The summed E-state index contributed by atoms with van der Waals surface area (Å²) in [6, 6.07) is 16.7. The molecule has 7 nitrogen and oxygen atoms in total. The topological polar surface area (TPSA) is 78.2 Å². The van der Waals surface area contributed by atoms with Gasteiger partial charge in [0.25, 0.3) is 12.3 Å². The smallest absolute Gasteiger partial charge is 0.350 e. The molecule has 0 aliphatic carbocycles. The summed E-state index contributed by atoms with van der Waals surface area (Å²) in [7, 11) is 1.53. The Balaban J connectivity index is 1.80. The number of hydrogen-bond acceptors (Lipinski definition) is 4. The third kappa shape index (κ3) is 5.28. The van der Waals surface area contributed by atoms with Gasteiger partial charge in [-0.25, -0.2) is 18.0 Å². The van der Waals surface area contributed by atoms with Crippen LogP contribution in [0, 0.1) is 5.82 Å². The van der Waals surface area contributed by atoms with Crippen LogP contribution in [0.4, 0.5) is 18.9 Å². The van der Waals surface area contributed by atoms with Crippen molar-refractivity contribution in [2.24, 2.45) is 7.05 Å². The Morgan fingerprint density at radius 2 is 1.76 bits per heavy atom. The number of aromatic nitrogens is 3. The number of anilines is 1. The summed E-state index contributed by atoms with van der Waals surface area (Å²) in [6.07, 6.45) is -2.95. The van der Waals surface area contributed by atoms with E-state index >= 15 is 4.39 Å². The van der Waals surface area contributed by atoms with Crippen LogP contribution < -0.4 is 15.7 Å². The molecular formula is C27H25F3N4O3. The lowest BCUT2D eigenvalue weighted by Crippen LogP contribution is -2.23. The Labute approximate surface area is 211 Å². The molecule has 1 amide bonds. The number of alkyl halides is 2. The second-order valence-electron chi connectivity index (χ2n) is 8.34. The van der Waals surface area contributed by atoms with Gasteiger partial charge in [-0.15, -0.1) is 5.10 Å². The van der Waals surface area contributed by atoms with E-state index in [1.165, 1.54) is 41.9 Å². The summed E-state index contributed by atoms with van der Waals surface area (Å²) in [5, 5.41) is 6.63. The summed E-state index contributed by atoms with van der Waals surface area (Å²) in [4.78, 5) is 25.9. The molecule has 0 fully saturated rings. The van der Waals surface area contributed by atoms with E-state index in [1.54, 1.807) is 6.92 Å². The molecule has 1 unspecified atom stereocenters. The number of carbonyl (C=O) groups is 1. The number of carbonyl (C=O) groups excluding carboxylic acids is 1. The van der Waals surface area contributed by atoms with Gasteiger partial charge in [-0.1, -0.05) is 55.5 Å². The first-order chi connectivity index (χ1) is 17.7. The Morgan fingerprint density at radius 1 is 1.08 bits per heavy atom. The van der Waals surface area contributed by atoms with Crippen LogP contribution in [0.5, 0.6) is 5.75 Å². The summed E-state index contributed by atoms with van der Waals surface area (Å²) >= 11 is 0. The van der Waals surface area contributed by atoms with Crippen molar-refractivity contribution in [1.29, 1.82) is 0 Å². The van der Waals surface area contributed by atoms with Crippen LogP contribution in [0.15, 0.2) is 71.5 Å². The summed E-state index contributed by atoms with van der Waals surface area (Å²) in [5.74, 6) is -1.36.